The van der Waals surface area contributed by atoms with Crippen LogP contribution in [0.4, 0.5) is 8.78 Å². The highest BCUT2D eigenvalue weighted by atomic mass is 19.1. The smallest absolute Gasteiger partial charge is 0.130 e. The summed E-state index contributed by atoms with van der Waals surface area (Å²) >= 11 is 0. The summed E-state index contributed by atoms with van der Waals surface area (Å²) in [4.78, 5) is 1.91. The lowest BCUT2D eigenvalue weighted by Gasteiger charge is -2.30. The number of halogens is 2. The molecule has 3 nitrogen and oxygen atoms in total. The van der Waals surface area contributed by atoms with Crippen molar-refractivity contribution in [3.05, 3.63) is 35.4 Å². The van der Waals surface area contributed by atoms with Gasteiger partial charge >= 0.3 is 0 Å². The highest BCUT2D eigenvalue weighted by Crippen LogP contribution is 2.25. The summed E-state index contributed by atoms with van der Waals surface area (Å²) in [6.07, 6.45) is 0. The Morgan fingerprint density at radius 3 is 2.39 bits per heavy atom. The number of nitrogens with zero attached hydrogens (tertiary/aromatic N) is 1. The van der Waals surface area contributed by atoms with Gasteiger partial charge in [-0.1, -0.05) is 13.0 Å². The third-order valence-electron chi connectivity index (χ3n) is 2.99. The molecule has 0 heterocycles. The van der Waals surface area contributed by atoms with Gasteiger partial charge in [0, 0.05) is 25.8 Å². The minimum absolute atomic E-state index is 0.0398. The molecule has 0 amide bonds. The molecule has 0 aliphatic carbocycles. The Balaban J connectivity index is 2.99. The quantitative estimate of drug-likeness (QED) is 0.812. The zero-order chi connectivity index (χ0) is 13.5. The fourth-order valence-corrected chi connectivity index (χ4v) is 2.02. The summed E-state index contributed by atoms with van der Waals surface area (Å²) in [6.45, 7) is 3.83. The molecule has 0 saturated carbocycles. The monoisotopic (exact) mass is 258 g/mol. The SMILES string of the molecule is CCN(CCOC)C(CN)c1c(F)cccc1F. The topological polar surface area (TPSA) is 38.5 Å². The van der Waals surface area contributed by atoms with E-state index in [2.05, 4.69) is 0 Å². The third kappa shape index (κ3) is 3.48. The summed E-state index contributed by atoms with van der Waals surface area (Å²) in [5, 5.41) is 0. The standard InChI is InChI=1S/C13H20F2N2O/c1-3-17(7-8-18-2)12(9-16)13-10(14)5-4-6-11(13)15/h4-6,12H,3,7-9,16H2,1-2H3. The predicted octanol–water partition coefficient (Wildman–Crippen LogP) is 1.93. The summed E-state index contributed by atoms with van der Waals surface area (Å²) in [6, 6.07) is 3.40. The van der Waals surface area contributed by atoms with Crippen LogP contribution in [-0.4, -0.2) is 38.3 Å². The molecule has 1 atom stereocenters. The molecule has 18 heavy (non-hydrogen) atoms. The van der Waals surface area contributed by atoms with Crippen molar-refractivity contribution in [3.8, 4) is 0 Å². The van der Waals surface area contributed by atoms with Crippen molar-refractivity contribution in [1.29, 1.82) is 0 Å². The number of hydrogen-bond donors (Lipinski definition) is 1. The van der Waals surface area contributed by atoms with Gasteiger partial charge in [-0.25, -0.2) is 8.78 Å². The van der Waals surface area contributed by atoms with E-state index in [1.165, 1.54) is 18.2 Å². The minimum atomic E-state index is -0.554. The molecular weight excluding hydrogens is 238 g/mol. The van der Waals surface area contributed by atoms with Gasteiger partial charge in [-0.2, -0.15) is 0 Å². The van der Waals surface area contributed by atoms with Crippen molar-refractivity contribution in [2.45, 2.75) is 13.0 Å². The highest BCUT2D eigenvalue weighted by Gasteiger charge is 2.23. The molecule has 0 bridgehead atoms. The van der Waals surface area contributed by atoms with Crippen LogP contribution in [0.5, 0.6) is 0 Å². The van der Waals surface area contributed by atoms with E-state index in [0.717, 1.165) is 0 Å². The van der Waals surface area contributed by atoms with Crippen LogP contribution >= 0.6 is 0 Å². The molecular formula is C13H20F2N2O. The van der Waals surface area contributed by atoms with Gasteiger partial charge in [0.15, 0.2) is 0 Å². The number of ether oxygens (including phenoxy) is 1. The van der Waals surface area contributed by atoms with Crippen molar-refractivity contribution >= 4 is 0 Å². The number of hydrogen-bond acceptors (Lipinski definition) is 3. The molecule has 102 valence electrons. The Bertz CT molecular complexity index is 354. The molecule has 2 N–H and O–H groups in total. The maximum absolute atomic E-state index is 13.8. The first kappa shape index (κ1) is 15.0. The van der Waals surface area contributed by atoms with E-state index >= 15 is 0 Å². The Kier molecular flexibility index (Phi) is 6.18. The van der Waals surface area contributed by atoms with Gasteiger partial charge in [0.1, 0.15) is 11.6 Å². The van der Waals surface area contributed by atoms with Gasteiger partial charge in [-0.15, -0.1) is 0 Å². The molecule has 1 aromatic carbocycles. The zero-order valence-electron chi connectivity index (χ0n) is 10.8. The molecule has 0 fully saturated rings. The maximum Gasteiger partial charge on any atom is 0.130 e. The van der Waals surface area contributed by atoms with Crippen molar-refractivity contribution in [2.75, 3.05) is 33.4 Å². The fraction of sp³-hybridized carbons (Fsp3) is 0.538. The average molecular weight is 258 g/mol. The van der Waals surface area contributed by atoms with Crippen molar-refractivity contribution in [1.82, 2.24) is 4.90 Å². The lowest BCUT2D eigenvalue weighted by Crippen LogP contribution is -2.37. The molecule has 0 saturated heterocycles. The Morgan fingerprint density at radius 1 is 1.33 bits per heavy atom. The number of methoxy groups -OCH3 is 1. The number of rotatable bonds is 7. The van der Waals surface area contributed by atoms with Crippen LogP contribution in [0.15, 0.2) is 18.2 Å². The van der Waals surface area contributed by atoms with Crippen LogP contribution in [0.1, 0.15) is 18.5 Å². The van der Waals surface area contributed by atoms with Gasteiger partial charge in [0.25, 0.3) is 0 Å². The summed E-state index contributed by atoms with van der Waals surface area (Å²) in [7, 11) is 1.59. The molecule has 5 heteroatoms. The van der Waals surface area contributed by atoms with Crippen LogP contribution in [0.25, 0.3) is 0 Å². The van der Waals surface area contributed by atoms with Crippen molar-refractivity contribution < 1.29 is 13.5 Å². The van der Waals surface area contributed by atoms with Crippen LogP contribution in [-0.2, 0) is 4.74 Å². The van der Waals surface area contributed by atoms with Gasteiger partial charge in [-0.3, -0.25) is 4.90 Å². The van der Waals surface area contributed by atoms with Crippen molar-refractivity contribution in [3.63, 3.8) is 0 Å². The summed E-state index contributed by atoms with van der Waals surface area (Å²) in [5.74, 6) is -1.11. The largest absolute Gasteiger partial charge is 0.383 e. The molecule has 0 radical (unpaired) electrons. The zero-order valence-corrected chi connectivity index (χ0v) is 10.8. The lowest BCUT2D eigenvalue weighted by atomic mass is 10.0. The van der Waals surface area contributed by atoms with Crippen LogP contribution < -0.4 is 5.73 Å². The second-order valence-electron chi connectivity index (χ2n) is 4.01. The van der Waals surface area contributed by atoms with E-state index in [0.29, 0.717) is 19.7 Å². The molecule has 1 aromatic rings. The van der Waals surface area contributed by atoms with Crippen LogP contribution in [0.3, 0.4) is 0 Å². The number of benzene rings is 1. The summed E-state index contributed by atoms with van der Waals surface area (Å²) < 4.78 is 32.5. The number of nitrogens with two attached hydrogens (primary N) is 1. The van der Waals surface area contributed by atoms with Gasteiger partial charge in [-0.05, 0) is 18.7 Å². The van der Waals surface area contributed by atoms with E-state index < -0.39 is 17.7 Å². The second kappa shape index (κ2) is 7.41. The molecule has 0 spiro atoms. The van der Waals surface area contributed by atoms with Gasteiger partial charge < -0.3 is 10.5 Å². The summed E-state index contributed by atoms with van der Waals surface area (Å²) in [5.41, 5.74) is 5.71. The molecule has 1 rings (SSSR count). The van der Waals surface area contributed by atoms with E-state index in [-0.39, 0.29) is 12.1 Å². The first-order valence-corrected chi connectivity index (χ1v) is 6.02. The Hall–Kier alpha value is -1.04. The molecule has 1 unspecified atom stereocenters. The van der Waals surface area contributed by atoms with E-state index in [1.807, 2.05) is 11.8 Å². The number of likely N-dealkylation sites (N-methyl/N-ethyl adjacent to an activating group) is 1. The first-order valence-electron chi connectivity index (χ1n) is 6.02. The van der Waals surface area contributed by atoms with Crippen molar-refractivity contribution in [2.24, 2.45) is 5.73 Å². The molecule has 0 aliphatic rings. The molecule has 0 aliphatic heterocycles. The molecule has 0 aromatic heterocycles. The van der Waals surface area contributed by atoms with Gasteiger partial charge in [0.2, 0.25) is 0 Å². The van der Waals surface area contributed by atoms with Gasteiger partial charge in [0.05, 0.1) is 12.6 Å². The fourth-order valence-electron chi connectivity index (χ4n) is 2.02. The van der Waals surface area contributed by atoms with Crippen LogP contribution in [0, 0.1) is 11.6 Å². The van der Waals surface area contributed by atoms with E-state index in [1.54, 1.807) is 7.11 Å². The van der Waals surface area contributed by atoms with Crippen LogP contribution in [0.2, 0.25) is 0 Å². The van der Waals surface area contributed by atoms with E-state index in [4.69, 9.17) is 10.5 Å². The first-order chi connectivity index (χ1) is 8.65. The Labute approximate surface area is 107 Å². The third-order valence-corrected chi connectivity index (χ3v) is 2.99. The lowest BCUT2D eigenvalue weighted by molar-refractivity contribution is 0.123. The maximum atomic E-state index is 13.8. The predicted molar refractivity (Wildman–Crippen MR) is 67.3 cm³/mol. The van der Waals surface area contributed by atoms with E-state index in [9.17, 15) is 8.78 Å². The highest BCUT2D eigenvalue weighted by molar-refractivity contribution is 5.23. The minimum Gasteiger partial charge on any atom is -0.383 e. The normalized spacial score (nSPS) is 13.0. The Morgan fingerprint density at radius 2 is 1.94 bits per heavy atom. The second-order valence-corrected chi connectivity index (χ2v) is 4.01. The average Bonchev–Trinajstić information content (AvgIpc) is 2.36.